The Balaban J connectivity index is 2.12. The smallest absolute Gasteiger partial charge is 0.00489 e. The summed E-state index contributed by atoms with van der Waals surface area (Å²) >= 11 is 0. The third-order valence-electron chi connectivity index (χ3n) is 3.63. The minimum atomic E-state index is 0.721. The second-order valence-corrected chi connectivity index (χ2v) is 4.84. The highest BCUT2D eigenvalue weighted by Crippen LogP contribution is 2.40. The molecular weight excluding hydrogens is 180 g/mol. The summed E-state index contributed by atoms with van der Waals surface area (Å²) in [6.45, 7) is 4.53. The first-order valence-electron chi connectivity index (χ1n) is 5.75. The lowest BCUT2D eigenvalue weighted by molar-refractivity contribution is 0.702. The van der Waals surface area contributed by atoms with Crippen LogP contribution in [-0.2, 0) is 6.42 Å². The van der Waals surface area contributed by atoms with E-state index in [1.54, 1.807) is 11.1 Å². The molecule has 0 heteroatoms. The SMILES string of the molecule is Cc1cccc2c1CC1=C2C=CC(C)C1. The van der Waals surface area contributed by atoms with Gasteiger partial charge < -0.3 is 0 Å². The van der Waals surface area contributed by atoms with Crippen LogP contribution in [0.4, 0.5) is 0 Å². The van der Waals surface area contributed by atoms with Gasteiger partial charge in [0.05, 0.1) is 0 Å². The number of aryl methyl sites for hydroxylation is 1. The Kier molecular flexibility index (Phi) is 1.85. The van der Waals surface area contributed by atoms with Gasteiger partial charge in [0.15, 0.2) is 0 Å². The Hall–Kier alpha value is -1.30. The molecule has 0 N–H and O–H groups in total. The maximum Gasteiger partial charge on any atom is -0.00489 e. The molecule has 0 aliphatic heterocycles. The molecule has 1 unspecified atom stereocenters. The molecule has 3 rings (SSSR count). The molecule has 0 saturated heterocycles. The molecule has 0 heterocycles. The summed E-state index contributed by atoms with van der Waals surface area (Å²) < 4.78 is 0. The lowest BCUT2D eigenvalue weighted by atomic mass is 9.91. The summed E-state index contributed by atoms with van der Waals surface area (Å²) in [4.78, 5) is 0. The van der Waals surface area contributed by atoms with Gasteiger partial charge >= 0.3 is 0 Å². The van der Waals surface area contributed by atoms with E-state index in [0.29, 0.717) is 0 Å². The first-order valence-corrected chi connectivity index (χ1v) is 5.75. The maximum atomic E-state index is 2.34. The third-order valence-corrected chi connectivity index (χ3v) is 3.63. The average Bonchev–Trinajstić information content (AvgIpc) is 2.57. The molecule has 1 atom stereocenters. The first-order chi connectivity index (χ1) is 7.25. The van der Waals surface area contributed by atoms with E-state index in [0.717, 1.165) is 5.92 Å². The van der Waals surface area contributed by atoms with Crippen LogP contribution in [0.25, 0.3) is 5.57 Å². The Bertz CT molecular complexity index is 475. The third kappa shape index (κ3) is 1.28. The van der Waals surface area contributed by atoms with Crippen LogP contribution >= 0.6 is 0 Å². The van der Waals surface area contributed by atoms with Crippen LogP contribution in [0.1, 0.15) is 30.0 Å². The lowest BCUT2D eigenvalue weighted by Gasteiger charge is -2.14. The Morgan fingerprint density at radius 2 is 2.13 bits per heavy atom. The molecule has 1 aromatic carbocycles. The fraction of sp³-hybridized carbons (Fsp3) is 0.333. The van der Waals surface area contributed by atoms with E-state index in [1.165, 1.54) is 29.5 Å². The summed E-state index contributed by atoms with van der Waals surface area (Å²) in [5, 5.41) is 0. The van der Waals surface area contributed by atoms with E-state index in [2.05, 4.69) is 44.2 Å². The highest BCUT2D eigenvalue weighted by atomic mass is 14.3. The zero-order valence-electron chi connectivity index (χ0n) is 9.38. The minimum Gasteiger partial charge on any atom is -0.0808 e. The van der Waals surface area contributed by atoms with Gasteiger partial charge in [-0.2, -0.15) is 0 Å². The molecule has 0 fully saturated rings. The van der Waals surface area contributed by atoms with Crippen molar-refractivity contribution in [1.82, 2.24) is 0 Å². The molecule has 0 bridgehead atoms. The van der Waals surface area contributed by atoms with E-state index in [4.69, 9.17) is 0 Å². The van der Waals surface area contributed by atoms with Crippen LogP contribution in [0, 0.1) is 12.8 Å². The molecule has 76 valence electrons. The number of fused-ring (bicyclic) bond motifs is 2. The van der Waals surface area contributed by atoms with Crippen LogP contribution in [-0.4, -0.2) is 0 Å². The van der Waals surface area contributed by atoms with Crippen molar-refractivity contribution in [3.63, 3.8) is 0 Å². The fourth-order valence-corrected chi connectivity index (χ4v) is 2.80. The highest BCUT2D eigenvalue weighted by Gasteiger charge is 2.23. The molecule has 2 aliphatic carbocycles. The summed E-state index contributed by atoms with van der Waals surface area (Å²) in [6, 6.07) is 6.67. The molecule has 0 radical (unpaired) electrons. The van der Waals surface area contributed by atoms with Crippen molar-refractivity contribution < 1.29 is 0 Å². The van der Waals surface area contributed by atoms with Gasteiger partial charge in [-0.15, -0.1) is 0 Å². The van der Waals surface area contributed by atoms with Crippen molar-refractivity contribution in [1.29, 1.82) is 0 Å². The van der Waals surface area contributed by atoms with Crippen molar-refractivity contribution in [2.75, 3.05) is 0 Å². The lowest BCUT2D eigenvalue weighted by Crippen LogP contribution is -1.98. The van der Waals surface area contributed by atoms with Gasteiger partial charge in [0.2, 0.25) is 0 Å². The van der Waals surface area contributed by atoms with Crippen molar-refractivity contribution in [3.8, 4) is 0 Å². The number of rotatable bonds is 0. The normalized spacial score (nSPS) is 22.9. The van der Waals surface area contributed by atoms with Gasteiger partial charge in [-0.3, -0.25) is 0 Å². The predicted octanol–water partition coefficient (Wildman–Crippen LogP) is 3.90. The van der Waals surface area contributed by atoms with Crippen molar-refractivity contribution >= 4 is 5.57 Å². The zero-order valence-corrected chi connectivity index (χ0v) is 9.38. The van der Waals surface area contributed by atoms with Gasteiger partial charge in [-0.05, 0) is 47.9 Å². The Morgan fingerprint density at radius 1 is 1.27 bits per heavy atom. The largest absolute Gasteiger partial charge is 0.0808 e. The summed E-state index contributed by atoms with van der Waals surface area (Å²) in [6.07, 6.45) is 7.11. The van der Waals surface area contributed by atoms with Crippen LogP contribution < -0.4 is 0 Å². The molecule has 1 aromatic rings. The number of hydrogen-bond donors (Lipinski definition) is 0. The van der Waals surface area contributed by atoms with Gasteiger partial charge in [-0.25, -0.2) is 0 Å². The fourth-order valence-electron chi connectivity index (χ4n) is 2.80. The summed E-state index contributed by atoms with van der Waals surface area (Å²) in [5.74, 6) is 0.721. The van der Waals surface area contributed by atoms with Gasteiger partial charge in [0.25, 0.3) is 0 Å². The van der Waals surface area contributed by atoms with Crippen LogP contribution in [0.15, 0.2) is 35.9 Å². The second kappa shape index (κ2) is 3.10. The number of hydrogen-bond acceptors (Lipinski definition) is 0. The molecule has 0 spiro atoms. The van der Waals surface area contributed by atoms with E-state index in [1.807, 2.05) is 0 Å². The van der Waals surface area contributed by atoms with Crippen molar-refractivity contribution in [3.05, 3.63) is 52.6 Å². The molecule has 0 nitrogen and oxygen atoms in total. The van der Waals surface area contributed by atoms with Gasteiger partial charge in [-0.1, -0.05) is 42.8 Å². The summed E-state index contributed by atoms with van der Waals surface area (Å²) in [7, 11) is 0. The topological polar surface area (TPSA) is 0 Å². The van der Waals surface area contributed by atoms with Crippen molar-refractivity contribution in [2.24, 2.45) is 5.92 Å². The minimum absolute atomic E-state index is 0.721. The van der Waals surface area contributed by atoms with E-state index in [9.17, 15) is 0 Å². The highest BCUT2D eigenvalue weighted by molar-refractivity contribution is 5.84. The van der Waals surface area contributed by atoms with Crippen LogP contribution in [0.3, 0.4) is 0 Å². The second-order valence-electron chi connectivity index (χ2n) is 4.84. The van der Waals surface area contributed by atoms with Crippen molar-refractivity contribution in [2.45, 2.75) is 26.7 Å². The van der Waals surface area contributed by atoms with E-state index in [-0.39, 0.29) is 0 Å². The van der Waals surface area contributed by atoms with E-state index < -0.39 is 0 Å². The Labute approximate surface area is 91.3 Å². The average molecular weight is 196 g/mol. The zero-order chi connectivity index (χ0) is 10.4. The molecular formula is C15H16. The Morgan fingerprint density at radius 3 is 3.00 bits per heavy atom. The standard InChI is InChI=1S/C15H16/c1-10-6-7-13-12(8-10)9-15-11(2)4-3-5-14(13)15/h3-7,10H,8-9H2,1-2H3. The van der Waals surface area contributed by atoms with E-state index >= 15 is 0 Å². The predicted molar refractivity (Wildman–Crippen MR) is 64.7 cm³/mol. The molecule has 15 heavy (non-hydrogen) atoms. The number of benzene rings is 1. The monoisotopic (exact) mass is 196 g/mol. The molecule has 0 aromatic heterocycles. The van der Waals surface area contributed by atoms with Crippen LogP contribution in [0.2, 0.25) is 0 Å². The first kappa shape index (κ1) is 8.96. The van der Waals surface area contributed by atoms with Gasteiger partial charge in [0, 0.05) is 0 Å². The maximum absolute atomic E-state index is 2.34. The molecule has 0 saturated carbocycles. The molecule has 0 amide bonds. The number of allylic oxidation sites excluding steroid dienone is 4. The summed E-state index contributed by atoms with van der Waals surface area (Å²) in [5.41, 5.74) is 7.64. The van der Waals surface area contributed by atoms with Gasteiger partial charge in [0.1, 0.15) is 0 Å². The molecule has 2 aliphatic rings. The quantitative estimate of drug-likeness (QED) is 0.590. The van der Waals surface area contributed by atoms with Crippen LogP contribution in [0.5, 0.6) is 0 Å².